The molecule has 2 N–H and O–H groups in total. The maximum Gasteiger partial charge on any atom is 0.131 e. The Balaban J connectivity index is 2.25. The molecule has 0 bridgehead atoms. The predicted octanol–water partition coefficient (Wildman–Crippen LogP) is 2.17. The smallest absolute Gasteiger partial charge is 0.131 e. The number of aliphatic hydroxyl groups is 1. The van der Waals surface area contributed by atoms with Gasteiger partial charge in [-0.1, -0.05) is 24.3 Å². The molecule has 2 aromatic carbocycles. The van der Waals surface area contributed by atoms with E-state index in [-0.39, 0.29) is 12.4 Å². The van der Waals surface area contributed by atoms with Crippen LogP contribution in [0.3, 0.4) is 0 Å². The summed E-state index contributed by atoms with van der Waals surface area (Å²) in [7, 11) is 1.77. The number of para-hydroxylation sites is 1. The number of hydrogen-bond acceptors (Lipinski definition) is 3. The van der Waals surface area contributed by atoms with Crippen molar-refractivity contribution in [3.05, 3.63) is 65.0 Å². The van der Waals surface area contributed by atoms with E-state index < -0.39 is 5.60 Å². The van der Waals surface area contributed by atoms with E-state index in [0.29, 0.717) is 29.0 Å². The van der Waals surface area contributed by atoms with Gasteiger partial charge in [0.1, 0.15) is 23.8 Å². The Morgan fingerprint density at radius 3 is 2.85 bits per heavy atom. The lowest BCUT2D eigenvalue weighted by Crippen LogP contribution is -2.38. The van der Waals surface area contributed by atoms with Crippen LogP contribution in [0.5, 0.6) is 5.75 Å². The molecule has 0 spiro atoms. The largest absolute Gasteiger partial charge is 0.488 e. The van der Waals surface area contributed by atoms with Crippen LogP contribution in [0, 0.1) is 5.82 Å². The van der Waals surface area contributed by atoms with E-state index >= 15 is 0 Å². The molecule has 0 aliphatic carbocycles. The monoisotopic (exact) mass is 273 g/mol. The molecule has 2 aromatic rings. The van der Waals surface area contributed by atoms with Gasteiger partial charge in [0.2, 0.25) is 0 Å². The van der Waals surface area contributed by atoms with Crippen molar-refractivity contribution >= 4 is 0 Å². The van der Waals surface area contributed by atoms with Gasteiger partial charge in [-0.25, -0.2) is 4.39 Å². The summed E-state index contributed by atoms with van der Waals surface area (Å²) < 4.78 is 19.2. The number of hydrogen-bond donors (Lipinski definition) is 2. The molecule has 0 fully saturated rings. The van der Waals surface area contributed by atoms with Gasteiger partial charge in [0.25, 0.3) is 0 Å². The lowest BCUT2D eigenvalue weighted by molar-refractivity contribution is 0.0815. The number of likely N-dealkylation sites (N-methyl/N-ethyl adjacent to an activating group) is 1. The molecule has 4 heteroatoms. The quantitative estimate of drug-likeness (QED) is 0.881. The molecule has 1 aliphatic rings. The first-order valence-electron chi connectivity index (χ1n) is 6.53. The fraction of sp³-hybridized carbons (Fsp3) is 0.250. The van der Waals surface area contributed by atoms with Crippen molar-refractivity contribution in [2.75, 3.05) is 13.6 Å². The second-order valence-corrected chi connectivity index (χ2v) is 4.98. The molecule has 0 saturated heterocycles. The normalized spacial score (nSPS) is 20.6. The molecule has 0 radical (unpaired) electrons. The van der Waals surface area contributed by atoms with Gasteiger partial charge in [-0.3, -0.25) is 0 Å². The number of nitrogens with one attached hydrogen (secondary N) is 1. The molecule has 1 atom stereocenters. The van der Waals surface area contributed by atoms with Crippen LogP contribution in [0.25, 0.3) is 0 Å². The SMILES string of the molecule is CNCC1(O)c2ccc(F)cc2COc2ccccc21. The topological polar surface area (TPSA) is 41.5 Å². The second kappa shape index (κ2) is 4.89. The highest BCUT2D eigenvalue weighted by atomic mass is 19.1. The molecule has 1 unspecified atom stereocenters. The molecule has 1 aliphatic heterocycles. The summed E-state index contributed by atoms with van der Waals surface area (Å²) in [5.74, 6) is 0.298. The maximum atomic E-state index is 13.4. The first kappa shape index (κ1) is 13.1. The molecule has 0 amide bonds. The van der Waals surface area contributed by atoms with Crippen LogP contribution in [-0.4, -0.2) is 18.7 Å². The molecule has 0 aromatic heterocycles. The van der Waals surface area contributed by atoms with Crippen LogP contribution in [0.2, 0.25) is 0 Å². The van der Waals surface area contributed by atoms with E-state index in [1.54, 1.807) is 13.1 Å². The third-order valence-electron chi connectivity index (χ3n) is 3.66. The first-order valence-corrected chi connectivity index (χ1v) is 6.53. The third-order valence-corrected chi connectivity index (χ3v) is 3.66. The standard InChI is InChI=1S/C16H16FNO2/c1-18-10-16(19)13-7-6-12(17)8-11(13)9-20-15-5-3-2-4-14(15)16/h2-8,18-19H,9-10H2,1H3. The highest BCUT2D eigenvalue weighted by Crippen LogP contribution is 2.40. The number of halogens is 1. The summed E-state index contributed by atoms with van der Waals surface area (Å²) in [5.41, 5.74) is 0.807. The van der Waals surface area contributed by atoms with Crippen molar-refractivity contribution < 1.29 is 14.2 Å². The van der Waals surface area contributed by atoms with Crippen LogP contribution in [0.15, 0.2) is 42.5 Å². The van der Waals surface area contributed by atoms with Crippen molar-refractivity contribution in [3.8, 4) is 5.75 Å². The second-order valence-electron chi connectivity index (χ2n) is 4.98. The van der Waals surface area contributed by atoms with Gasteiger partial charge in [0.05, 0.1) is 0 Å². The Morgan fingerprint density at radius 2 is 2.05 bits per heavy atom. The maximum absolute atomic E-state index is 13.4. The van der Waals surface area contributed by atoms with Gasteiger partial charge in [0, 0.05) is 12.1 Å². The lowest BCUT2D eigenvalue weighted by Gasteiger charge is -2.29. The summed E-state index contributed by atoms with van der Waals surface area (Å²) in [5, 5.41) is 14.2. The van der Waals surface area contributed by atoms with Gasteiger partial charge in [-0.05, 0) is 36.4 Å². The average Bonchev–Trinajstić information content (AvgIpc) is 2.56. The Hall–Kier alpha value is -1.91. The van der Waals surface area contributed by atoms with Crippen LogP contribution in [0.1, 0.15) is 16.7 Å². The van der Waals surface area contributed by atoms with Crippen molar-refractivity contribution in [1.82, 2.24) is 5.32 Å². The van der Waals surface area contributed by atoms with Crippen molar-refractivity contribution in [2.45, 2.75) is 12.2 Å². The fourth-order valence-corrected chi connectivity index (χ4v) is 2.77. The number of fused-ring (bicyclic) bond motifs is 2. The first-order chi connectivity index (χ1) is 9.65. The molecule has 1 heterocycles. The summed E-state index contributed by atoms with van der Waals surface area (Å²) in [6.07, 6.45) is 0. The van der Waals surface area contributed by atoms with Gasteiger partial charge in [-0.2, -0.15) is 0 Å². The Labute approximate surface area is 117 Å². The van der Waals surface area contributed by atoms with Crippen LogP contribution < -0.4 is 10.1 Å². The van der Waals surface area contributed by atoms with Gasteiger partial charge in [-0.15, -0.1) is 0 Å². The Kier molecular flexibility index (Phi) is 3.20. The number of benzene rings is 2. The van der Waals surface area contributed by atoms with Crippen LogP contribution in [0.4, 0.5) is 4.39 Å². The molecule has 3 rings (SSSR count). The zero-order valence-electron chi connectivity index (χ0n) is 11.2. The zero-order chi connectivity index (χ0) is 14.2. The molecular formula is C16H16FNO2. The average molecular weight is 273 g/mol. The highest BCUT2D eigenvalue weighted by molar-refractivity contribution is 5.49. The number of rotatable bonds is 2. The van der Waals surface area contributed by atoms with E-state index in [1.165, 1.54) is 12.1 Å². The minimum Gasteiger partial charge on any atom is -0.488 e. The van der Waals surface area contributed by atoms with Gasteiger partial charge < -0.3 is 15.2 Å². The number of ether oxygens (including phenoxy) is 1. The van der Waals surface area contributed by atoms with E-state index in [0.717, 1.165) is 0 Å². The molecule has 20 heavy (non-hydrogen) atoms. The highest BCUT2D eigenvalue weighted by Gasteiger charge is 2.37. The molecular weight excluding hydrogens is 257 g/mol. The van der Waals surface area contributed by atoms with Crippen molar-refractivity contribution in [1.29, 1.82) is 0 Å². The van der Waals surface area contributed by atoms with Crippen molar-refractivity contribution in [3.63, 3.8) is 0 Å². The zero-order valence-corrected chi connectivity index (χ0v) is 11.2. The van der Waals surface area contributed by atoms with Crippen molar-refractivity contribution in [2.24, 2.45) is 0 Å². The van der Waals surface area contributed by atoms with E-state index in [1.807, 2.05) is 24.3 Å². The Bertz CT molecular complexity index is 644. The van der Waals surface area contributed by atoms with E-state index in [2.05, 4.69) is 5.32 Å². The third kappa shape index (κ3) is 1.97. The van der Waals surface area contributed by atoms with Crippen LogP contribution in [-0.2, 0) is 12.2 Å². The van der Waals surface area contributed by atoms with Gasteiger partial charge >= 0.3 is 0 Å². The van der Waals surface area contributed by atoms with Gasteiger partial charge in [0.15, 0.2) is 0 Å². The summed E-state index contributed by atoms with van der Waals surface area (Å²) in [4.78, 5) is 0. The molecule has 0 saturated carbocycles. The predicted molar refractivity (Wildman–Crippen MR) is 74.1 cm³/mol. The summed E-state index contributed by atoms with van der Waals surface area (Å²) in [6.45, 7) is 0.572. The summed E-state index contributed by atoms with van der Waals surface area (Å²) in [6, 6.07) is 11.8. The minimum atomic E-state index is -1.23. The minimum absolute atomic E-state index is 0.246. The Morgan fingerprint density at radius 1 is 1.25 bits per heavy atom. The lowest BCUT2D eigenvalue weighted by atomic mass is 9.83. The molecule has 3 nitrogen and oxygen atoms in total. The molecule has 104 valence electrons. The van der Waals surface area contributed by atoms with E-state index in [4.69, 9.17) is 4.74 Å². The van der Waals surface area contributed by atoms with Crippen LogP contribution >= 0.6 is 0 Å². The fourth-order valence-electron chi connectivity index (χ4n) is 2.77. The summed E-state index contributed by atoms with van der Waals surface area (Å²) >= 11 is 0. The van der Waals surface area contributed by atoms with E-state index in [9.17, 15) is 9.50 Å².